The van der Waals surface area contributed by atoms with Crippen LogP contribution in [0.4, 0.5) is 12.9 Å². The maximum atomic E-state index is 12.8. The van der Waals surface area contributed by atoms with Gasteiger partial charge in [-0.1, -0.05) is 36.7 Å². The standard InChI is InChI=1S/C12H13BF3O/c1-17-10-4-2-3-9(5-10)11-6-12(7-11,8-11)13(14,15)16/h2-5H,6-8H2,1H3/q-1. The van der Waals surface area contributed by atoms with Crippen LogP contribution < -0.4 is 4.74 Å². The minimum atomic E-state index is -4.68. The molecule has 17 heavy (non-hydrogen) atoms. The quantitative estimate of drug-likeness (QED) is 0.732. The Hall–Kier alpha value is -1.13. The number of hydrogen-bond acceptors (Lipinski definition) is 1. The number of methoxy groups -OCH3 is 1. The molecule has 0 unspecified atom stereocenters. The van der Waals surface area contributed by atoms with Crippen molar-refractivity contribution in [2.24, 2.45) is 0 Å². The summed E-state index contributed by atoms with van der Waals surface area (Å²) in [5.41, 5.74) is 0.782. The van der Waals surface area contributed by atoms with E-state index in [1.54, 1.807) is 7.11 Å². The third-order valence-corrected chi connectivity index (χ3v) is 4.45. The molecule has 3 aliphatic carbocycles. The topological polar surface area (TPSA) is 9.23 Å². The summed E-state index contributed by atoms with van der Waals surface area (Å²) in [6.45, 7) is -4.68. The molecule has 0 aliphatic heterocycles. The summed E-state index contributed by atoms with van der Waals surface area (Å²) in [5.74, 6) is 0.721. The highest BCUT2D eigenvalue weighted by Gasteiger charge is 2.74. The van der Waals surface area contributed by atoms with Gasteiger partial charge in [0.05, 0.1) is 7.11 Å². The molecule has 1 aromatic carbocycles. The van der Waals surface area contributed by atoms with Crippen LogP contribution in [0.2, 0.25) is 5.31 Å². The predicted molar refractivity (Wildman–Crippen MR) is 60.3 cm³/mol. The van der Waals surface area contributed by atoms with Crippen molar-refractivity contribution in [3.8, 4) is 5.75 Å². The van der Waals surface area contributed by atoms with Gasteiger partial charge >= 0.3 is 6.98 Å². The van der Waals surface area contributed by atoms with E-state index in [0.717, 1.165) is 11.3 Å². The van der Waals surface area contributed by atoms with Gasteiger partial charge in [-0.05, 0) is 23.1 Å². The second-order valence-electron chi connectivity index (χ2n) is 5.48. The fourth-order valence-corrected chi connectivity index (χ4v) is 3.47. The largest absolute Gasteiger partial charge is 0.497 e. The average molecular weight is 241 g/mol. The van der Waals surface area contributed by atoms with Crippen LogP contribution in [0.1, 0.15) is 24.8 Å². The van der Waals surface area contributed by atoms with Gasteiger partial charge in [0, 0.05) is 0 Å². The number of rotatable bonds is 3. The van der Waals surface area contributed by atoms with Crippen molar-refractivity contribution in [2.75, 3.05) is 7.11 Å². The minimum Gasteiger partial charge on any atom is -0.497 e. The lowest BCUT2D eigenvalue weighted by atomic mass is 9.23. The van der Waals surface area contributed by atoms with Crippen molar-refractivity contribution in [3.05, 3.63) is 29.8 Å². The normalized spacial score (nSPS) is 34.8. The van der Waals surface area contributed by atoms with Crippen LogP contribution in [-0.2, 0) is 5.41 Å². The molecular weight excluding hydrogens is 228 g/mol. The highest BCUT2D eigenvalue weighted by Crippen LogP contribution is 2.82. The van der Waals surface area contributed by atoms with Crippen LogP contribution in [0.5, 0.6) is 5.75 Å². The monoisotopic (exact) mass is 241 g/mol. The van der Waals surface area contributed by atoms with E-state index in [2.05, 4.69) is 0 Å². The maximum Gasteiger partial charge on any atom is 0.484 e. The zero-order valence-corrected chi connectivity index (χ0v) is 9.55. The molecule has 0 amide bonds. The SMILES string of the molecule is COc1cccc(C23CC([B-](F)(F)F)(C2)C3)c1. The van der Waals surface area contributed by atoms with E-state index in [-0.39, 0.29) is 24.7 Å². The van der Waals surface area contributed by atoms with Gasteiger partial charge in [0.15, 0.2) is 0 Å². The summed E-state index contributed by atoms with van der Waals surface area (Å²) in [5, 5.41) is -1.32. The molecule has 0 atom stereocenters. The molecule has 0 saturated heterocycles. The van der Waals surface area contributed by atoms with E-state index in [1.165, 1.54) is 0 Å². The molecule has 1 aromatic rings. The number of ether oxygens (including phenoxy) is 1. The zero-order valence-electron chi connectivity index (χ0n) is 9.55. The summed E-state index contributed by atoms with van der Waals surface area (Å²) in [7, 11) is 1.57. The van der Waals surface area contributed by atoms with Gasteiger partial charge in [-0.15, -0.1) is 0 Å². The Balaban J connectivity index is 1.82. The highest BCUT2D eigenvalue weighted by molar-refractivity contribution is 6.63. The average Bonchev–Trinajstić information content (AvgIpc) is 2.11. The predicted octanol–water partition coefficient (Wildman–Crippen LogP) is 3.72. The smallest absolute Gasteiger partial charge is 0.484 e. The lowest BCUT2D eigenvalue weighted by molar-refractivity contribution is -0.0401. The highest BCUT2D eigenvalue weighted by atomic mass is 19.4. The van der Waals surface area contributed by atoms with Gasteiger partial charge in [0.2, 0.25) is 0 Å². The molecule has 0 spiro atoms. The fraction of sp³-hybridized carbons (Fsp3) is 0.500. The van der Waals surface area contributed by atoms with Crippen molar-refractivity contribution in [2.45, 2.75) is 30.0 Å². The van der Waals surface area contributed by atoms with Crippen LogP contribution in [0.3, 0.4) is 0 Å². The van der Waals surface area contributed by atoms with Crippen LogP contribution in [0.15, 0.2) is 24.3 Å². The second kappa shape index (κ2) is 3.00. The lowest BCUT2D eigenvalue weighted by Gasteiger charge is -2.75. The first-order chi connectivity index (χ1) is 7.91. The van der Waals surface area contributed by atoms with Crippen molar-refractivity contribution in [1.82, 2.24) is 0 Å². The zero-order chi connectivity index (χ0) is 12.3. The fourth-order valence-electron chi connectivity index (χ4n) is 3.47. The summed E-state index contributed by atoms with van der Waals surface area (Å²) < 4.78 is 43.5. The van der Waals surface area contributed by atoms with Crippen LogP contribution in [-0.4, -0.2) is 14.1 Å². The van der Waals surface area contributed by atoms with E-state index < -0.39 is 12.3 Å². The Morgan fingerprint density at radius 2 is 1.82 bits per heavy atom. The van der Waals surface area contributed by atoms with Gasteiger partial charge in [-0.25, -0.2) is 0 Å². The van der Waals surface area contributed by atoms with E-state index >= 15 is 0 Å². The van der Waals surface area contributed by atoms with E-state index in [4.69, 9.17) is 4.74 Å². The van der Waals surface area contributed by atoms with Gasteiger partial charge in [-0.3, -0.25) is 0 Å². The molecule has 3 aliphatic rings. The van der Waals surface area contributed by atoms with E-state index in [1.807, 2.05) is 24.3 Å². The summed E-state index contributed by atoms with van der Waals surface area (Å²) in [6.07, 6.45) is 0.823. The Morgan fingerprint density at radius 3 is 2.35 bits per heavy atom. The third-order valence-electron chi connectivity index (χ3n) is 4.45. The number of halogens is 3. The molecule has 0 radical (unpaired) electrons. The molecule has 3 fully saturated rings. The molecule has 0 heterocycles. The Bertz CT molecular complexity index is 449. The molecular formula is C12H13BF3O-. The molecule has 5 heteroatoms. The molecule has 0 N–H and O–H groups in total. The second-order valence-corrected chi connectivity index (χ2v) is 5.48. The first-order valence-electron chi connectivity index (χ1n) is 5.75. The summed E-state index contributed by atoms with van der Waals surface area (Å²) in [4.78, 5) is 0. The van der Waals surface area contributed by atoms with Gasteiger partial charge in [0.1, 0.15) is 5.75 Å². The van der Waals surface area contributed by atoms with Crippen LogP contribution >= 0.6 is 0 Å². The number of benzene rings is 1. The Morgan fingerprint density at radius 1 is 1.18 bits per heavy atom. The Kier molecular flexibility index (Phi) is 1.94. The van der Waals surface area contributed by atoms with Crippen molar-refractivity contribution in [1.29, 1.82) is 0 Å². The first-order valence-corrected chi connectivity index (χ1v) is 5.75. The van der Waals surface area contributed by atoms with Crippen LogP contribution in [0, 0.1) is 0 Å². The molecule has 0 aromatic heterocycles. The first kappa shape index (κ1) is 11.0. The molecule has 92 valence electrons. The number of hydrogen-bond donors (Lipinski definition) is 0. The van der Waals surface area contributed by atoms with Crippen LogP contribution in [0.25, 0.3) is 0 Å². The lowest BCUT2D eigenvalue weighted by Crippen LogP contribution is -2.67. The van der Waals surface area contributed by atoms with Crippen molar-refractivity contribution >= 4 is 6.98 Å². The molecule has 3 saturated carbocycles. The maximum absolute atomic E-state index is 12.8. The molecule has 4 rings (SSSR count). The van der Waals surface area contributed by atoms with E-state index in [0.29, 0.717) is 0 Å². The van der Waals surface area contributed by atoms with Crippen molar-refractivity contribution in [3.63, 3.8) is 0 Å². The Labute approximate surface area is 98.0 Å². The molecule has 1 nitrogen and oxygen atoms in total. The minimum absolute atomic E-state index is 0.216. The summed E-state index contributed by atoms with van der Waals surface area (Å²) in [6, 6.07) is 7.44. The van der Waals surface area contributed by atoms with Gasteiger partial charge < -0.3 is 17.7 Å². The van der Waals surface area contributed by atoms with Crippen molar-refractivity contribution < 1.29 is 17.7 Å². The molecule has 2 bridgehead atoms. The van der Waals surface area contributed by atoms with Gasteiger partial charge in [0.25, 0.3) is 0 Å². The van der Waals surface area contributed by atoms with Gasteiger partial charge in [-0.2, -0.15) is 0 Å². The third kappa shape index (κ3) is 1.28. The van der Waals surface area contributed by atoms with E-state index in [9.17, 15) is 12.9 Å². The summed E-state index contributed by atoms with van der Waals surface area (Å²) >= 11 is 0.